The van der Waals surface area contributed by atoms with Crippen molar-refractivity contribution in [1.29, 1.82) is 0 Å². The Morgan fingerprint density at radius 3 is 2.45 bits per heavy atom. The normalized spacial score (nSPS) is 10.1. The summed E-state index contributed by atoms with van der Waals surface area (Å²) in [6.45, 7) is 3.77. The van der Waals surface area contributed by atoms with Gasteiger partial charge < -0.3 is 10.1 Å². The number of carbonyl (C=O) groups excluding carboxylic acids is 1. The van der Waals surface area contributed by atoms with Crippen LogP contribution in [-0.2, 0) is 4.79 Å². The van der Waals surface area contributed by atoms with Crippen LogP contribution >= 0.6 is 0 Å². The minimum absolute atomic E-state index is 0.0236. The molecule has 0 saturated heterocycles. The molecule has 2 aromatic carbocycles. The molecular weight excluding hydrogens is 284 g/mol. The summed E-state index contributed by atoms with van der Waals surface area (Å²) < 4.78 is 5.47. The molecule has 0 aliphatic carbocycles. The van der Waals surface area contributed by atoms with Gasteiger partial charge in [0, 0.05) is 17.8 Å². The molecule has 0 atom stereocenters. The van der Waals surface area contributed by atoms with E-state index in [4.69, 9.17) is 4.74 Å². The maximum Gasteiger partial charge on any atom is 0.269 e. The molecule has 0 unspecified atom stereocenters. The summed E-state index contributed by atoms with van der Waals surface area (Å²) in [5, 5.41) is 13.2. The predicted octanol–water partition coefficient (Wildman–Crippen LogP) is 3.23. The molecule has 1 N–H and O–H groups in total. The Balaban J connectivity index is 1.91. The zero-order chi connectivity index (χ0) is 16.1. The van der Waals surface area contributed by atoms with Crippen LogP contribution in [0.4, 0.5) is 11.4 Å². The van der Waals surface area contributed by atoms with Crippen LogP contribution < -0.4 is 10.1 Å². The number of ether oxygens (including phenoxy) is 1. The lowest BCUT2D eigenvalue weighted by atomic mass is 10.1. The first-order valence-electron chi connectivity index (χ1n) is 6.70. The van der Waals surface area contributed by atoms with E-state index in [1.54, 1.807) is 0 Å². The molecule has 0 aliphatic rings. The SMILES string of the molecule is Cc1ccc(OCC(=O)Nc2ccc([N+](=O)[O-])cc2)c(C)c1. The fourth-order valence-electron chi connectivity index (χ4n) is 1.97. The predicted molar refractivity (Wildman–Crippen MR) is 83.1 cm³/mol. The number of hydrogen-bond donors (Lipinski definition) is 1. The zero-order valence-corrected chi connectivity index (χ0v) is 12.3. The molecule has 2 aromatic rings. The van der Waals surface area contributed by atoms with Gasteiger partial charge >= 0.3 is 0 Å². The molecule has 22 heavy (non-hydrogen) atoms. The van der Waals surface area contributed by atoms with Gasteiger partial charge in [-0.1, -0.05) is 17.7 Å². The highest BCUT2D eigenvalue weighted by molar-refractivity contribution is 5.91. The first kappa shape index (κ1) is 15.5. The third-order valence-electron chi connectivity index (χ3n) is 3.05. The number of carbonyl (C=O) groups is 1. The van der Waals surface area contributed by atoms with Gasteiger partial charge in [-0.15, -0.1) is 0 Å². The lowest BCUT2D eigenvalue weighted by molar-refractivity contribution is -0.384. The Labute approximate surface area is 127 Å². The molecule has 2 rings (SSSR count). The van der Waals surface area contributed by atoms with Crippen molar-refractivity contribution in [3.8, 4) is 5.75 Å². The average molecular weight is 300 g/mol. The van der Waals surface area contributed by atoms with Crippen molar-refractivity contribution < 1.29 is 14.5 Å². The smallest absolute Gasteiger partial charge is 0.269 e. The second kappa shape index (κ2) is 6.71. The molecule has 0 heterocycles. The molecular formula is C16H16N2O4. The van der Waals surface area contributed by atoms with Crippen LogP contribution in [0.3, 0.4) is 0 Å². The van der Waals surface area contributed by atoms with Crippen molar-refractivity contribution in [2.75, 3.05) is 11.9 Å². The van der Waals surface area contributed by atoms with Crippen molar-refractivity contribution in [2.45, 2.75) is 13.8 Å². The highest BCUT2D eigenvalue weighted by Gasteiger charge is 2.08. The van der Waals surface area contributed by atoms with Gasteiger partial charge in [0.15, 0.2) is 6.61 Å². The fraction of sp³-hybridized carbons (Fsp3) is 0.188. The average Bonchev–Trinajstić information content (AvgIpc) is 2.47. The second-order valence-corrected chi connectivity index (χ2v) is 4.91. The number of non-ortho nitro benzene ring substituents is 1. The topological polar surface area (TPSA) is 81.5 Å². The first-order valence-corrected chi connectivity index (χ1v) is 6.70. The maximum absolute atomic E-state index is 11.8. The number of benzene rings is 2. The Kier molecular flexibility index (Phi) is 4.73. The summed E-state index contributed by atoms with van der Waals surface area (Å²) in [5.74, 6) is 0.332. The van der Waals surface area contributed by atoms with E-state index in [0.717, 1.165) is 11.1 Å². The molecule has 114 valence electrons. The molecule has 0 fully saturated rings. The Morgan fingerprint density at radius 2 is 1.86 bits per heavy atom. The molecule has 0 aliphatic heterocycles. The largest absolute Gasteiger partial charge is 0.483 e. The van der Waals surface area contributed by atoms with Crippen LogP contribution in [-0.4, -0.2) is 17.4 Å². The molecule has 0 aromatic heterocycles. The van der Waals surface area contributed by atoms with Crippen LogP contribution in [0.25, 0.3) is 0 Å². The van der Waals surface area contributed by atoms with E-state index in [0.29, 0.717) is 11.4 Å². The Morgan fingerprint density at radius 1 is 1.18 bits per heavy atom. The van der Waals surface area contributed by atoms with E-state index in [1.807, 2.05) is 32.0 Å². The van der Waals surface area contributed by atoms with Gasteiger partial charge in [0.05, 0.1) is 4.92 Å². The summed E-state index contributed by atoms with van der Waals surface area (Å²) >= 11 is 0. The number of aryl methyl sites for hydroxylation is 2. The lowest BCUT2D eigenvalue weighted by Crippen LogP contribution is -2.20. The monoisotopic (exact) mass is 300 g/mol. The van der Waals surface area contributed by atoms with Crippen molar-refractivity contribution in [3.63, 3.8) is 0 Å². The molecule has 0 spiro atoms. The standard InChI is InChI=1S/C16H16N2O4/c1-11-3-8-15(12(2)9-11)22-10-16(19)17-13-4-6-14(7-5-13)18(20)21/h3-9H,10H2,1-2H3,(H,17,19). The summed E-state index contributed by atoms with van der Waals surface area (Å²) in [5.41, 5.74) is 2.55. The van der Waals surface area contributed by atoms with Crippen molar-refractivity contribution >= 4 is 17.3 Å². The Hall–Kier alpha value is -2.89. The van der Waals surface area contributed by atoms with Gasteiger partial charge in [0.25, 0.3) is 11.6 Å². The summed E-state index contributed by atoms with van der Waals surface area (Å²) in [7, 11) is 0. The van der Waals surface area contributed by atoms with E-state index >= 15 is 0 Å². The number of rotatable bonds is 5. The number of nitro groups is 1. The number of hydrogen-bond acceptors (Lipinski definition) is 4. The number of amides is 1. The fourth-order valence-corrected chi connectivity index (χ4v) is 1.97. The van der Waals surface area contributed by atoms with Crippen molar-refractivity contribution in [1.82, 2.24) is 0 Å². The van der Waals surface area contributed by atoms with Crippen molar-refractivity contribution in [2.24, 2.45) is 0 Å². The van der Waals surface area contributed by atoms with Crippen LogP contribution in [0.5, 0.6) is 5.75 Å². The lowest BCUT2D eigenvalue weighted by Gasteiger charge is -2.10. The number of nitrogens with zero attached hydrogens (tertiary/aromatic N) is 1. The van der Waals surface area contributed by atoms with Crippen LogP contribution in [0.15, 0.2) is 42.5 Å². The van der Waals surface area contributed by atoms with Gasteiger partial charge in [-0.05, 0) is 37.6 Å². The number of nitro benzene ring substituents is 1. The highest BCUT2D eigenvalue weighted by atomic mass is 16.6. The minimum atomic E-state index is -0.491. The molecule has 0 bridgehead atoms. The highest BCUT2D eigenvalue weighted by Crippen LogP contribution is 2.19. The molecule has 1 amide bonds. The second-order valence-electron chi connectivity index (χ2n) is 4.91. The third-order valence-corrected chi connectivity index (χ3v) is 3.05. The van der Waals surface area contributed by atoms with Gasteiger partial charge in [0.2, 0.25) is 0 Å². The van der Waals surface area contributed by atoms with Gasteiger partial charge in [-0.25, -0.2) is 0 Å². The minimum Gasteiger partial charge on any atom is -0.483 e. The van der Waals surface area contributed by atoms with E-state index in [-0.39, 0.29) is 18.2 Å². The van der Waals surface area contributed by atoms with Gasteiger partial charge in [-0.3, -0.25) is 14.9 Å². The third kappa shape index (κ3) is 4.05. The quantitative estimate of drug-likeness (QED) is 0.679. The molecule has 6 heteroatoms. The van der Waals surface area contributed by atoms with Crippen LogP contribution in [0.2, 0.25) is 0 Å². The number of anilines is 1. The molecule has 0 saturated carbocycles. The summed E-state index contributed by atoms with van der Waals surface area (Å²) in [6, 6.07) is 11.3. The van der Waals surface area contributed by atoms with Crippen LogP contribution in [0.1, 0.15) is 11.1 Å². The van der Waals surface area contributed by atoms with E-state index in [9.17, 15) is 14.9 Å². The Bertz CT molecular complexity index is 696. The summed E-state index contributed by atoms with van der Waals surface area (Å²) in [4.78, 5) is 21.9. The molecule has 6 nitrogen and oxygen atoms in total. The number of nitrogens with one attached hydrogen (secondary N) is 1. The van der Waals surface area contributed by atoms with Crippen LogP contribution in [0, 0.1) is 24.0 Å². The first-order chi connectivity index (χ1) is 10.5. The van der Waals surface area contributed by atoms with Gasteiger partial charge in [0.1, 0.15) is 5.75 Å². The van der Waals surface area contributed by atoms with E-state index < -0.39 is 4.92 Å². The van der Waals surface area contributed by atoms with E-state index in [2.05, 4.69) is 5.32 Å². The zero-order valence-electron chi connectivity index (χ0n) is 12.3. The van der Waals surface area contributed by atoms with Gasteiger partial charge in [-0.2, -0.15) is 0 Å². The summed E-state index contributed by atoms with van der Waals surface area (Å²) in [6.07, 6.45) is 0. The van der Waals surface area contributed by atoms with Crippen molar-refractivity contribution in [3.05, 3.63) is 63.7 Å². The maximum atomic E-state index is 11.8. The van der Waals surface area contributed by atoms with E-state index in [1.165, 1.54) is 24.3 Å². The molecule has 0 radical (unpaired) electrons.